The molecule has 2 aromatic heterocycles. The molecule has 0 saturated carbocycles. The van der Waals surface area contributed by atoms with Gasteiger partial charge in [0.25, 0.3) is 5.91 Å². The van der Waals surface area contributed by atoms with Crippen molar-refractivity contribution >= 4 is 51.1 Å². The van der Waals surface area contributed by atoms with Crippen LogP contribution in [0.5, 0.6) is 0 Å². The Morgan fingerprint density at radius 2 is 1.89 bits per heavy atom. The second-order valence-corrected chi connectivity index (χ2v) is 9.59. The van der Waals surface area contributed by atoms with Gasteiger partial charge in [-0.1, -0.05) is 12.1 Å². The van der Waals surface area contributed by atoms with Crippen molar-refractivity contribution in [2.75, 3.05) is 11.4 Å². The average Bonchev–Trinajstić information content (AvgIpc) is 3.52. The van der Waals surface area contributed by atoms with Gasteiger partial charge < -0.3 is 19.2 Å². The Bertz CT molecular complexity index is 1620. The van der Waals surface area contributed by atoms with Crippen molar-refractivity contribution in [3.8, 4) is 10.6 Å². The van der Waals surface area contributed by atoms with Gasteiger partial charge in [-0.2, -0.15) is 0 Å². The first-order valence-electron chi connectivity index (χ1n) is 11.6. The zero-order chi connectivity index (χ0) is 24.5. The molecule has 2 N–H and O–H groups in total. The summed E-state index contributed by atoms with van der Waals surface area (Å²) in [5, 5.41) is 6.67. The fourth-order valence-corrected chi connectivity index (χ4v) is 5.04. The van der Waals surface area contributed by atoms with E-state index in [0.29, 0.717) is 40.8 Å². The number of hydrogen-bond donors (Lipinski definition) is 2. The van der Waals surface area contributed by atoms with Gasteiger partial charge in [0.15, 0.2) is 16.7 Å². The maximum absolute atomic E-state index is 12.8. The Morgan fingerprint density at radius 3 is 2.69 bits per heavy atom. The van der Waals surface area contributed by atoms with Crippen molar-refractivity contribution in [3.05, 3.63) is 83.4 Å². The number of aromatic nitrogens is 2. The van der Waals surface area contributed by atoms with Gasteiger partial charge >= 0.3 is 0 Å². The van der Waals surface area contributed by atoms with Gasteiger partial charge in [-0.05, 0) is 61.0 Å². The van der Waals surface area contributed by atoms with Crippen molar-refractivity contribution in [3.63, 3.8) is 0 Å². The SMILES string of the molecule is O=C(NCc1cnc(-c2ccc(N3CCCC3=O)cc2)s1)c1ccc2oc3ccccc3o[nH]c2c1. The molecule has 36 heavy (non-hydrogen) atoms. The molecule has 9 heteroatoms. The normalized spacial score (nSPS) is 13.4. The summed E-state index contributed by atoms with van der Waals surface area (Å²) < 4.78 is 11.5. The summed E-state index contributed by atoms with van der Waals surface area (Å²) in [4.78, 5) is 32.0. The Morgan fingerprint density at radius 1 is 1.06 bits per heavy atom. The maximum atomic E-state index is 12.8. The first-order chi connectivity index (χ1) is 17.6. The molecule has 0 unspecified atom stereocenters. The molecule has 0 atom stereocenters. The van der Waals surface area contributed by atoms with Crippen LogP contribution in [0.4, 0.5) is 5.69 Å². The van der Waals surface area contributed by atoms with Crippen LogP contribution in [0, 0.1) is 0 Å². The Kier molecular flexibility index (Phi) is 5.74. The van der Waals surface area contributed by atoms with Crippen LogP contribution >= 0.6 is 11.3 Å². The second-order valence-electron chi connectivity index (χ2n) is 8.47. The van der Waals surface area contributed by atoms with Crippen molar-refractivity contribution in [1.82, 2.24) is 15.5 Å². The monoisotopic (exact) mass is 498 g/mol. The quantitative estimate of drug-likeness (QED) is 0.318. The number of hydrogen-bond acceptors (Lipinski definition) is 6. The minimum absolute atomic E-state index is 0.172. The molecular formula is C27H22N4O4S. The summed E-state index contributed by atoms with van der Waals surface area (Å²) in [7, 11) is 0. The highest BCUT2D eigenvalue weighted by Crippen LogP contribution is 2.29. The number of carbonyl (C=O) groups excluding carboxylic acids is 2. The van der Waals surface area contributed by atoms with Gasteiger partial charge in [0.2, 0.25) is 5.91 Å². The van der Waals surface area contributed by atoms with Gasteiger partial charge in [-0.15, -0.1) is 11.3 Å². The van der Waals surface area contributed by atoms with E-state index in [2.05, 4.69) is 15.5 Å². The summed E-state index contributed by atoms with van der Waals surface area (Å²) in [6.45, 7) is 1.13. The van der Waals surface area contributed by atoms with E-state index in [4.69, 9.17) is 8.94 Å². The molecule has 0 radical (unpaired) electrons. The zero-order valence-electron chi connectivity index (χ0n) is 19.2. The van der Waals surface area contributed by atoms with Gasteiger partial charge in [0.05, 0.1) is 6.54 Å². The number of amides is 2. The molecule has 3 aromatic carbocycles. The fourth-order valence-electron chi connectivity index (χ4n) is 4.18. The highest BCUT2D eigenvalue weighted by atomic mass is 32.1. The number of carbonyl (C=O) groups is 2. The number of rotatable bonds is 5. The molecule has 2 amide bonds. The number of nitrogens with zero attached hydrogens (tertiary/aromatic N) is 2. The van der Waals surface area contributed by atoms with E-state index in [9.17, 15) is 9.59 Å². The number of para-hydroxylation sites is 2. The van der Waals surface area contributed by atoms with E-state index in [0.717, 1.165) is 34.1 Å². The average molecular weight is 499 g/mol. The number of benzene rings is 3. The van der Waals surface area contributed by atoms with Crippen LogP contribution in [0.15, 0.2) is 81.9 Å². The van der Waals surface area contributed by atoms with Crippen molar-refractivity contribution in [1.29, 1.82) is 0 Å². The van der Waals surface area contributed by atoms with Crippen LogP contribution in [-0.4, -0.2) is 28.5 Å². The van der Waals surface area contributed by atoms with Crippen LogP contribution < -0.4 is 10.2 Å². The summed E-state index contributed by atoms with van der Waals surface area (Å²) >= 11 is 1.52. The molecule has 1 aliphatic heterocycles. The van der Waals surface area contributed by atoms with Crippen molar-refractivity contribution in [2.24, 2.45) is 0 Å². The molecule has 1 fully saturated rings. The lowest BCUT2D eigenvalue weighted by Gasteiger charge is -2.15. The van der Waals surface area contributed by atoms with Gasteiger partial charge in [0.1, 0.15) is 10.5 Å². The molecule has 8 nitrogen and oxygen atoms in total. The van der Waals surface area contributed by atoms with Crippen molar-refractivity contribution < 1.29 is 18.5 Å². The molecule has 1 saturated heterocycles. The van der Waals surface area contributed by atoms with Gasteiger partial charge in [-0.3, -0.25) is 9.59 Å². The molecule has 0 spiro atoms. The van der Waals surface area contributed by atoms with E-state index in [1.165, 1.54) is 11.3 Å². The number of thiazole rings is 1. The predicted octanol–water partition coefficient (Wildman–Crippen LogP) is 5.81. The molecule has 5 aromatic rings. The summed E-state index contributed by atoms with van der Waals surface area (Å²) in [6.07, 6.45) is 3.29. The molecule has 3 heterocycles. The van der Waals surface area contributed by atoms with Crippen LogP contribution in [0.1, 0.15) is 28.1 Å². The highest BCUT2D eigenvalue weighted by Gasteiger charge is 2.21. The smallest absolute Gasteiger partial charge is 0.251 e. The van der Waals surface area contributed by atoms with Gasteiger partial charge in [0, 0.05) is 40.9 Å². The number of aromatic amines is 1. The predicted molar refractivity (Wildman–Crippen MR) is 138 cm³/mol. The number of nitrogens with one attached hydrogen (secondary N) is 2. The third-order valence-electron chi connectivity index (χ3n) is 6.06. The maximum Gasteiger partial charge on any atom is 0.251 e. The molecule has 180 valence electrons. The lowest BCUT2D eigenvalue weighted by molar-refractivity contribution is -0.117. The number of H-pyrrole nitrogens is 1. The lowest BCUT2D eigenvalue weighted by Crippen LogP contribution is -2.23. The molecule has 0 bridgehead atoms. The second kappa shape index (κ2) is 9.35. The first-order valence-corrected chi connectivity index (χ1v) is 12.4. The van der Waals surface area contributed by atoms with E-state index < -0.39 is 0 Å². The minimum atomic E-state index is -0.212. The Hall–Kier alpha value is -4.37. The Balaban J connectivity index is 1.14. The van der Waals surface area contributed by atoms with E-state index >= 15 is 0 Å². The topological polar surface area (TPSA) is 104 Å². The number of anilines is 1. The lowest BCUT2D eigenvalue weighted by atomic mass is 10.2. The van der Waals surface area contributed by atoms with E-state index in [-0.39, 0.29) is 11.8 Å². The largest absolute Gasteiger partial charge is 0.451 e. The standard InChI is InChI=1S/C27H22N4O4S/c32-25-6-3-13-31(25)19-10-7-17(8-11-19)27-29-16-20(36-27)15-28-26(33)18-9-12-22-21(14-18)30-35-24-5-2-1-4-23(24)34-22/h1-2,4-5,7-12,14,16,30H,3,6,13,15H2,(H,28,33). The third kappa shape index (κ3) is 4.36. The molecule has 1 aliphatic rings. The first kappa shape index (κ1) is 22.1. The fraction of sp³-hybridized carbons (Fsp3) is 0.148. The molecule has 0 aliphatic carbocycles. The van der Waals surface area contributed by atoms with E-state index in [1.54, 1.807) is 30.5 Å². The van der Waals surface area contributed by atoms with Crippen molar-refractivity contribution in [2.45, 2.75) is 19.4 Å². The summed E-state index contributed by atoms with van der Waals surface area (Å²) in [6, 6.07) is 20.4. The third-order valence-corrected chi connectivity index (χ3v) is 7.10. The number of fused-ring (bicyclic) bond motifs is 2. The van der Waals surface area contributed by atoms with E-state index in [1.807, 2.05) is 47.4 Å². The van der Waals surface area contributed by atoms with Crippen LogP contribution in [0.3, 0.4) is 0 Å². The van der Waals surface area contributed by atoms with Crippen LogP contribution in [0.25, 0.3) is 32.8 Å². The summed E-state index contributed by atoms with van der Waals surface area (Å²) in [5.41, 5.74) is 4.69. The minimum Gasteiger partial charge on any atom is -0.451 e. The van der Waals surface area contributed by atoms with Gasteiger partial charge in [-0.25, -0.2) is 10.1 Å². The zero-order valence-corrected chi connectivity index (χ0v) is 20.0. The van der Waals surface area contributed by atoms with Crippen LogP contribution in [0.2, 0.25) is 0 Å². The molecular weight excluding hydrogens is 476 g/mol. The van der Waals surface area contributed by atoms with Crippen LogP contribution in [-0.2, 0) is 11.3 Å². The highest BCUT2D eigenvalue weighted by molar-refractivity contribution is 7.15. The Labute approximate surface area is 209 Å². The molecule has 6 rings (SSSR count). The summed E-state index contributed by atoms with van der Waals surface area (Å²) in [5.74, 6) is -0.0404.